The summed E-state index contributed by atoms with van der Waals surface area (Å²) in [5.41, 5.74) is 3.52. The number of aromatic nitrogens is 2. The molecule has 8 rings (SSSR count). The SMILES string of the molecule is Cc1ncsc1-c1ccc(CCC(=O)[C@@H]2C[C@@H](O)CN2C(=O)[C@@H](CC(=O)CCCCCCC(=O)NCCN2CCN(Cc3ccc(F)c(-c4ccc(N5C[C@@H](C)N(C)[C@@H](C)C5)c(NC(=O)c5c[nH]c(=O)cc5C(F)(F)F)c4)c3)CC2)C(C)(C)C)cc1. The molecule has 3 fully saturated rings. The molecule has 21 heteroatoms. The van der Waals surface area contributed by atoms with Crippen molar-refractivity contribution in [2.45, 2.75) is 143 Å². The molecule has 16 nitrogen and oxygen atoms in total. The number of amides is 3. The summed E-state index contributed by atoms with van der Waals surface area (Å²) in [6.45, 7) is 17.8. The standard InChI is InChI=1S/C65H83F4N9O7S/c1-41-36-77(37-42(2)74(41)7)56-22-20-47(31-55(56)73-62(84)51-35-71-60(83)34-52(51)65(67,68)69)50-30-45(16-21-54(50)66)38-76-28-26-75(27-29-76)25-24-70-59(82)13-11-9-8-10-12-48(79)32-53(64(4,5)6)63(85)78-39-49(80)33-57(78)58(81)23-17-44-14-18-46(19-15-44)61-43(3)72-40-86-61/h14-16,18-22,30-31,34-35,40-42,49,53,57,80H,8-13,17,23-29,32-33,36-39H2,1-7H3,(H,70,82)(H,71,83)(H,73,84)/t41-,42+,49-,53-,57+/m1/s1. The maximum Gasteiger partial charge on any atom is 0.417 e. The number of pyridine rings is 1. The van der Waals surface area contributed by atoms with Crippen molar-refractivity contribution in [1.82, 2.24) is 34.9 Å². The van der Waals surface area contributed by atoms with E-state index in [1.165, 1.54) is 11.0 Å². The van der Waals surface area contributed by atoms with E-state index in [9.17, 15) is 47.0 Å². The molecule has 4 N–H and O–H groups in total. The third kappa shape index (κ3) is 17.1. The lowest BCUT2D eigenvalue weighted by Crippen LogP contribution is -2.55. The number of carbonyl (C=O) groups is 5. The van der Waals surface area contributed by atoms with Crippen LogP contribution in [0.5, 0.6) is 0 Å². The first kappa shape index (κ1) is 65.3. The van der Waals surface area contributed by atoms with Gasteiger partial charge in [0, 0.05) is 133 Å². The van der Waals surface area contributed by atoms with Crippen molar-refractivity contribution >= 4 is 52.0 Å². The van der Waals surface area contributed by atoms with E-state index in [4.69, 9.17) is 0 Å². The van der Waals surface area contributed by atoms with Crippen LogP contribution >= 0.6 is 11.3 Å². The number of likely N-dealkylation sites (tertiary alicyclic amines) is 1. The topological polar surface area (TPSA) is 192 Å². The molecule has 2 aromatic heterocycles. The lowest BCUT2D eigenvalue weighted by Gasteiger charge is -2.44. The number of nitrogens with zero attached hydrogens (tertiary/aromatic N) is 6. The van der Waals surface area contributed by atoms with Crippen molar-refractivity contribution in [1.29, 1.82) is 0 Å². The zero-order chi connectivity index (χ0) is 62.0. The van der Waals surface area contributed by atoms with Crippen LogP contribution in [0.15, 0.2) is 83.2 Å². The summed E-state index contributed by atoms with van der Waals surface area (Å²) in [5, 5.41) is 16.4. The van der Waals surface area contributed by atoms with E-state index in [1.807, 2.05) is 64.5 Å². The normalized spacial score (nSPS) is 19.4. The Balaban J connectivity index is 0.745. The Morgan fingerprint density at radius 3 is 2.15 bits per heavy atom. The number of hydrogen-bond acceptors (Lipinski definition) is 13. The number of nitrogens with one attached hydrogen (secondary N) is 3. The highest BCUT2D eigenvalue weighted by atomic mass is 32.1. The Kier molecular flexibility index (Phi) is 22.0. The highest BCUT2D eigenvalue weighted by Gasteiger charge is 2.44. The third-order valence-corrected chi connectivity index (χ3v) is 18.3. The molecule has 0 bridgehead atoms. The summed E-state index contributed by atoms with van der Waals surface area (Å²) in [5.74, 6) is -2.64. The molecule has 3 aliphatic heterocycles. The van der Waals surface area contributed by atoms with Crippen molar-refractivity contribution < 1.29 is 46.6 Å². The van der Waals surface area contributed by atoms with E-state index in [0.29, 0.717) is 82.1 Å². The van der Waals surface area contributed by atoms with Crippen LogP contribution in [-0.4, -0.2) is 154 Å². The molecular weight excluding hydrogens is 1130 g/mol. The number of aliphatic hydroxyl groups is 1. The van der Waals surface area contributed by atoms with Crippen molar-refractivity contribution in [3.63, 3.8) is 0 Å². The van der Waals surface area contributed by atoms with Gasteiger partial charge in [0.2, 0.25) is 17.4 Å². The van der Waals surface area contributed by atoms with Crippen LogP contribution in [0.25, 0.3) is 21.6 Å². The molecular formula is C65H83F4N9O7S. The van der Waals surface area contributed by atoms with E-state index < -0.39 is 58.1 Å². The second-order valence-corrected chi connectivity index (χ2v) is 25.6. The largest absolute Gasteiger partial charge is 0.417 e. The number of anilines is 2. The number of piperazine rings is 2. The second kappa shape index (κ2) is 28.9. The quantitative estimate of drug-likeness (QED) is 0.0338. The van der Waals surface area contributed by atoms with Gasteiger partial charge >= 0.3 is 6.18 Å². The molecule has 3 amide bonds. The predicted molar refractivity (Wildman–Crippen MR) is 327 cm³/mol. The fraction of sp³-hybridized carbons (Fsp3) is 0.523. The first-order valence-corrected chi connectivity index (χ1v) is 31.0. The van der Waals surface area contributed by atoms with Crippen LogP contribution in [0.1, 0.15) is 125 Å². The zero-order valence-electron chi connectivity index (χ0n) is 50.5. The van der Waals surface area contributed by atoms with Crippen LogP contribution in [-0.2, 0) is 38.3 Å². The van der Waals surface area contributed by atoms with Gasteiger partial charge in [0.15, 0.2) is 5.78 Å². The number of ketones is 2. The smallest absolute Gasteiger partial charge is 0.391 e. The number of halogens is 4. The Morgan fingerprint density at radius 1 is 0.826 bits per heavy atom. The number of likely N-dealkylation sites (N-methyl/N-ethyl adjacent to an activating group) is 1. The summed E-state index contributed by atoms with van der Waals surface area (Å²) in [7, 11) is 2.02. The van der Waals surface area contributed by atoms with Crippen molar-refractivity contribution in [3.8, 4) is 21.6 Å². The number of alkyl halides is 3. The monoisotopic (exact) mass is 1210 g/mol. The van der Waals surface area contributed by atoms with Gasteiger partial charge in [-0.3, -0.25) is 43.5 Å². The minimum atomic E-state index is -4.97. The molecule has 5 atom stereocenters. The fourth-order valence-electron chi connectivity index (χ4n) is 12.0. The van der Waals surface area contributed by atoms with Gasteiger partial charge in [-0.2, -0.15) is 13.2 Å². The van der Waals surface area contributed by atoms with Gasteiger partial charge in [-0.25, -0.2) is 9.37 Å². The minimum Gasteiger partial charge on any atom is -0.391 e. The number of aliphatic hydroxyl groups excluding tert-OH is 1. The van der Waals surface area contributed by atoms with Gasteiger partial charge in [0.1, 0.15) is 11.6 Å². The minimum absolute atomic E-state index is 0.0194. The Hall–Kier alpha value is -6.65. The highest BCUT2D eigenvalue weighted by Crippen LogP contribution is 2.38. The van der Waals surface area contributed by atoms with Gasteiger partial charge in [-0.15, -0.1) is 11.3 Å². The molecule has 464 valence electrons. The highest BCUT2D eigenvalue weighted by molar-refractivity contribution is 7.13. The van der Waals surface area contributed by atoms with E-state index in [1.54, 1.807) is 41.7 Å². The number of benzene rings is 3. The van der Waals surface area contributed by atoms with Crippen LogP contribution in [0.3, 0.4) is 0 Å². The molecule has 86 heavy (non-hydrogen) atoms. The molecule has 0 radical (unpaired) electrons. The predicted octanol–water partition coefficient (Wildman–Crippen LogP) is 9.77. The average Bonchev–Trinajstić information content (AvgIpc) is 3.70. The van der Waals surface area contributed by atoms with Gasteiger partial charge < -0.3 is 30.5 Å². The first-order chi connectivity index (χ1) is 40.8. The van der Waals surface area contributed by atoms with E-state index >= 15 is 4.39 Å². The second-order valence-electron chi connectivity index (χ2n) is 24.8. The molecule has 0 saturated carbocycles. The zero-order valence-corrected chi connectivity index (χ0v) is 51.4. The maximum absolute atomic E-state index is 15.8. The maximum atomic E-state index is 15.8. The van der Waals surface area contributed by atoms with Crippen molar-refractivity contribution in [2.24, 2.45) is 11.3 Å². The number of carbonyl (C=O) groups excluding carboxylic acids is 5. The average molecular weight is 1210 g/mol. The molecule has 5 aromatic rings. The van der Waals surface area contributed by atoms with E-state index in [2.05, 4.69) is 54.0 Å². The molecule has 0 unspecified atom stereocenters. The number of H-pyrrole nitrogens is 1. The molecule has 0 aliphatic carbocycles. The van der Waals surface area contributed by atoms with Gasteiger partial charge in [-0.1, -0.05) is 70.0 Å². The number of aryl methyl sites for hydroxylation is 2. The summed E-state index contributed by atoms with van der Waals surface area (Å²) in [6.07, 6.45) is -0.493. The Labute approximate surface area is 505 Å². The molecule has 3 saturated heterocycles. The van der Waals surface area contributed by atoms with Crippen LogP contribution in [0.2, 0.25) is 0 Å². The lowest BCUT2D eigenvalue weighted by atomic mass is 9.76. The Morgan fingerprint density at radius 2 is 1.49 bits per heavy atom. The summed E-state index contributed by atoms with van der Waals surface area (Å²) in [4.78, 5) is 97.5. The van der Waals surface area contributed by atoms with Crippen LogP contribution < -0.4 is 21.1 Å². The molecule has 3 aliphatic rings. The molecule has 5 heterocycles. The number of β-amino-alcohol motifs (C(OH)–C–C–N with tert-alkyl or cyclic N) is 1. The van der Waals surface area contributed by atoms with Crippen LogP contribution in [0.4, 0.5) is 28.9 Å². The number of hydrogen-bond donors (Lipinski definition) is 4. The number of Topliss-reactive ketones (excluding diaryl/α,β-unsaturated/α-hetero) is 2. The number of thiazole rings is 1. The fourth-order valence-corrected chi connectivity index (χ4v) is 12.8. The van der Waals surface area contributed by atoms with Crippen molar-refractivity contribution in [2.75, 3.05) is 76.2 Å². The first-order valence-electron chi connectivity index (χ1n) is 30.1. The lowest BCUT2D eigenvalue weighted by molar-refractivity contribution is -0.145. The summed E-state index contributed by atoms with van der Waals surface area (Å²) < 4.78 is 57.9. The Bertz CT molecular complexity index is 3230. The number of rotatable bonds is 24. The van der Waals surface area contributed by atoms with E-state index in [-0.39, 0.29) is 72.5 Å². The summed E-state index contributed by atoms with van der Waals surface area (Å²) in [6, 6.07) is 17.9. The van der Waals surface area contributed by atoms with Gasteiger partial charge in [-0.05, 0) is 99.0 Å². The van der Waals surface area contributed by atoms with Crippen molar-refractivity contribution in [3.05, 3.63) is 123 Å². The third-order valence-electron chi connectivity index (χ3n) is 17.3. The molecule has 3 aromatic carbocycles. The van der Waals surface area contributed by atoms with Crippen LogP contribution in [0, 0.1) is 24.1 Å². The summed E-state index contributed by atoms with van der Waals surface area (Å²) >= 11 is 1.58. The van der Waals surface area contributed by atoms with Gasteiger partial charge in [0.05, 0.1) is 50.7 Å². The van der Waals surface area contributed by atoms with Gasteiger partial charge in [0.25, 0.3) is 5.91 Å². The van der Waals surface area contributed by atoms with E-state index in [0.717, 1.165) is 72.5 Å². The molecule has 0 spiro atoms. The number of aromatic amines is 1. The number of unbranched alkanes of at least 4 members (excludes halogenated alkanes) is 3.